The molecule has 0 amide bonds. The number of hydrogen-bond donors (Lipinski definition) is 0. The molecule has 0 saturated carbocycles. The Morgan fingerprint density at radius 3 is 0.883 bits per heavy atom. The van der Waals surface area contributed by atoms with Crippen molar-refractivity contribution in [1.82, 2.24) is 38.2 Å². The molecule has 0 radical (unpaired) electrons. The van der Waals surface area contributed by atoms with E-state index in [1.807, 2.05) is 48.5 Å². The van der Waals surface area contributed by atoms with Gasteiger partial charge in [-0.05, 0) is 175 Å². The molecule has 26 rings (SSSR count). The highest BCUT2D eigenvalue weighted by molar-refractivity contribution is 6.26. The van der Waals surface area contributed by atoms with Gasteiger partial charge in [0.25, 0.3) is 0 Å². The number of nitrogens with zero attached hydrogens (tertiary/aromatic N) is 8. The summed E-state index contributed by atoms with van der Waals surface area (Å²) in [7, 11) is 0. The maximum atomic E-state index is 5.17. The van der Waals surface area contributed by atoms with Gasteiger partial charge in [0.05, 0.1) is 72.6 Å². The Kier molecular flexibility index (Phi) is 17.5. The average molecular weight is 1630 g/mol. The monoisotopic (exact) mass is 1630 g/mol. The SMILES string of the molecule is c1ccc(-c2cc(-c3cccc(-n4c5ccccc5c5cc(-c6ccc7c8ccccc8n(-c8ccc9c%10ccccc%10c%10ccccc%10c9c8)c7c6)ccc54)c3)nc(-c3ccccc3)n2)cc1.c1ccc(-c2cc(-c3cccc(-n4c5ccccc5c5cc(-c6ccc7c8ccccc8n(-c8cccc9ccccc89)c7c6)ccc54)c3)nc(-c3ccccc3)n2)cc1. The number of benzene rings is 20. The molecule has 596 valence electrons. The van der Waals surface area contributed by atoms with E-state index in [4.69, 9.17) is 19.9 Å². The molecule has 0 fully saturated rings. The zero-order chi connectivity index (χ0) is 84.3. The van der Waals surface area contributed by atoms with E-state index in [0.717, 1.165) is 95.3 Å². The van der Waals surface area contributed by atoms with Crippen molar-refractivity contribution in [2.45, 2.75) is 0 Å². The van der Waals surface area contributed by atoms with E-state index in [9.17, 15) is 0 Å². The molecule has 0 aliphatic carbocycles. The van der Waals surface area contributed by atoms with Crippen LogP contribution < -0.4 is 0 Å². The van der Waals surface area contributed by atoms with Gasteiger partial charge < -0.3 is 18.3 Å². The maximum Gasteiger partial charge on any atom is 0.160 e. The third-order valence-corrected chi connectivity index (χ3v) is 25.8. The van der Waals surface area contributed by atoms with E-state index >= 15 is 0 Å². The smallest absolute Gasteiger partial charge is 0.160 e. The normalized spacial score (nSPS) is 11.8. The summed E-state index contributed by atoms with van der Waals surface area (Å²) < 4.78 is 9.68. The van der Waals surface area contributed by atoms with Crippen LogP contribution in [0, 0.1) is 0 Å². The molecule has 0 spiro atoms. The Morgan fingerprint density at radius 1 is 0.133 bits per heavy atom. The summed E-state index contributed by atoms with van der Waals surface area (Å²) in [6.07, 6.45) is 0. The van der Waals surface area contributed by atoms with Gasteiger partial charge in [-0.2, -0.15) is 0 Å². The van der Waals surface area contributed by atoms with Crippen molar-refractivity contribution in [3.8, 4) is 113 Å². The minimum absolute atomic E-state index is 0.704. The Labute approximate surface area is 737 Å². The number of hydrogen-bond acceptors (Lipinski definition) is 4. The third kappa shape index (κ3) is 12.4. The van der Waals surface area contributed by atoms with Crippen LogP contribution in [0.2, 0.25) is 0 Å². The average Bonchev–Trinajstić information content (AvgIpc) is 1.48. The molecule has 0 atom stereocenters. The zero-order valence-electron chi connectivity index (χ0n) is 69.5. The lowest BCUT2D eigenvalue weighted by Crippen LogP contribution is -1.97. The van der Waals surface area contributed by atoms with Crippen molar-refractivity contribution >= 4 is 130 Å². The Bertz CT molecular complexity index is 8790. The highest BCUT2D eigenvalue weighted by Crippen LogP contribution is 2.45. The van der Waals surface area contributed by atoms with Crippen molar-refractivity contribution in [3.05, 3.63) is 461 Å². The molecular weight excluding hydrogens is 1550 g/mol. The summed E-state index contributed by atoms with van der Waals surface area (Å²) in [5.41, 5.74) is 28.3. The number of fused-ring (bicyclic) bond motifs is 19. The lowest BCUT2D eigenvalue weighted by atomic mass is 9.94. The second-order valence-corrected chi connectivity index (χ2v) is 33.1. The lowest BCUT2D eigenvalue weighted by molar-refractivity contribution is 1.16. The van der Waals surface area contributed by atoms with E-state index < -0.39 is 0 Å². The van der Waals surface area contributed by atoms with Crippen LogP contribution in [0.4, 0.5) is 0 Å². The molecule has 26 aromatic rings. The van der Waals surface area contributed by atoms with Crippen LogP contribution in [-0.2, 0) is 0 Å². The predicted molar refractivity (Wildman–Crippen MR) is 535 cm³/mol. The minimum Gasteiger partial charge on any atom is -0.309 e. The topological polar surface area (TPSA) is 71.3 Å². The molecule has 6 heterocycles. The molecule has 0 aliphatic heterocycles. The molecule has 0 unspecified atom stereocenters. The molecular formula is C120H76N8. The second-order valence-electron chi connectivity index (χ2n) is 33.1. The van der Waals surface area contributed by atoms with E-state index in [0.29, 0.717) is 11.6 Å². The Balaban J connectivity index is 0.000000140. The molecule has 0 aliphatic rings. The fourth-order valence-electron chi connectivity index (χ4n) is 19.9. The van der Waals surface area contributed by atoms with Crippen LogP contribution in [0.15, 0.2) is 461 Å². The fraction of sp³-hybridized carbons (Fsp3) is 0. The summed E-state index contributed by atoms with van der Waals surface area (Å²) in [4.78, 5) is 20.4. The van der Waals surface area contributed by atoms with Crippen molar-refractivity contribution < 1.29 is 0 Å². The van der Waals surface area contributed by atoms with Gasteiger partial charge in [-0.3, -0.25) is 0 Å². The first-order chi connectivity index (χ1) is 63.5. The zero-order valence-corrected chi connectivity index (χ0v) is 69.5. The summed E-state index contributed by atoms with van der Waals surface area (Å²) in [6, 6.07) is 166. The molecule has 20 aromatic carbocycles. The van der Waals surface area contributed by atoms with Crippen LogP contribution in [0.3, 0.4) is 0 Å². The van der Waals surface area contributed by atoms with E-state index in [1.54, 1.807) is 0 Å². The molecule has 8 nitrogen and oxygen atoms in total. The first-order valence-electron chi connectivity index (χ1n) is 43.6. The largest absolute Gasteiger partial charge is 0.309 e. The van der Waals surface area contributed by atoms with Crippen molar-refractivity contribution in [1.29, 1.82) is 0 Å². The van der Waals surface area contributed by atoms with E-state index in [1.165, 1.54) is 136 Å². The summed E-state index contributed by atoms with van der Waals surface area (Å²) in [5.74, 6) is 1.41. The maximum absolute atomic E-state index is 5.17. The fourth-order valence-corrected chi connectivity index (χ4v) is 19.9. The van der Waals surface area contributed by atoms with Crippen LogP contribution in [0.1, 0.15) is 0 Å². The molecule has 0 saturated heterocycles. The highest BCUT2D eigenvalue weighted by Gasteiger charge is 2.23. The standard InChI is InChI=1S/C64H40N4.C56H36N4/c1-3-16-41(17-4-1)58-40-59(66-64(65-58)42-18-5-2-6-19-42)45-20-15-21-46(36-45)67-61-29-14-12-27-54(61)57-37-43(31-35-62(57)67)44-30-33-55-53-26-11-13-28-60(53)68(63(55)38-44)47-32-34-52-50-24-8-7-22-48(50)49-23-9-10-25-51(49)56(52)39-47;1-3-16-38(17-4-1)49-36-50(58-56(57-49)39-18-5-2-6-19-39)42-21-13-22-43(33-42)59-52-26-11-10-25-46(52)48-34-40(30-32-54(48)59)41-29-31-47-45-24-9-12-27-53(45)60(55(47)35-41)51-28-14-20-37-15-7-8-23-44(37)51/h1-40H;1-36H. The number of para-hydroxylation sites is 4. The molecule has 0 bridgehead atoms. The van der Waals surface area contributed by atoms with Gasteiger partial charge >= 0.3 is 0 Å². The van der Waals surface area contributed by atoms with Gasteiger partial charge in [-0.1, -0.05) is 346 Å². The van der Waals surface area contributed by atoms with Crippen LogP contribution in [-0.4, -0.2) is 38.2 Å². The molecule has 128 heavy (non-hydrogen) atoms. The van der Waals surface area contributed by atoms with Crippen LogP contribution in [0.25, 0.3) is 243 Å². The number of rotatable bonds is 12. The van der Waals surface area contributed by atoms with Crippen molar-refractivity contribution in [2.24, 2.45) is 0 Å². The lowest BCUT2D eigenvalue weighted by Gasteiger charge is -2.14. The summed E-state index contributed by atoms with van der Waals surface area (Å²) in [5, 5.41) is 19.9. The molecule has 0 N–H and O–H groups in total. The van der Waals surface area contributed by atoms with Crippen LogP contribution in [0.5, 0.6) is 0 Å². The first-order valence-corrected chi connectivity index (χ1v) is 43.6. The number of aromatic nitrogens is 8. The Morgan fingerprint density at radius 2 is 0.422 bits per heavy atom. The predicted octanol–water partition coefficient (Wildman–Crippen LogP) is 31.3. The van der Waals surface area contributed by atoms with Crippen molar-refractivity contribution in [2.75, 3.05) is 0 Å². The quantitative estimate of drug-likeness (QED) is 0.114. The van der Waals surface area contributed by atoms with Gasteiger partial charge in [0.15, 0.2) is 11.6 Å². The van der Waals surface area contributed by atoms with E-state index in [2.05, 4.69) is 431 Å². The highest BCUT2D eigenvalue weighted by atomic mass is 15.0. The van der Waals surface area contributed by atoms with Gasteiger partial charge in [-0.25, -0.2) is 19.9 Å². The van der Waals surface area contributed by atoms with Crippen molar-refractivity contribution in [3.63, 3.8) is 0 Å². The van der Waals surface area contributed by atoms with Gasteiger partial charge in [0.2, 0.25) is 0 Å². The van der Waals surface area contributed by atoms with Gasteiger partial charge in [0, 0.05) is 98.9 Å². The minimum atomic E-state index is 0.704. The van der Waals surface area contributed by atoms with Gasteiger partial charge in [-0.15, -0.1) is 0 Å². The summed E-state index contributed by atoms with van der Waals surface area (Å²) >= 11 is 0. The molecule has 8 heteroatoms. The first kappa shape index (κ1) is 73.5. The third-order valence-electron chi connectivity index (χ3n) is 25.8. The second kappa shape index (κ2) is 30.4. The van der Waals surface area contributed by atoms with E-state index in [-0.39, 0.29) is 0 Å². The van der Waals surface area contributed by atoms with Gasteiger partial charge in [0.1, 0.15) is 0 Å². The summed E-state index contributed by atoms with van der Waals surface area (Å²) in [6.45, 7) is 0. The van der Waals surface area contributed by atoms with Crippen LogP contribution >= 0.6 is 0 Å². The molecule has 6 aromatic heterocycles. The Hall–Kier alpha value is -17.2.